The molecule has 88 valence electrons. The Labute approximate surface area is 101 Å². The fraction of sp³-hybridized carbons (Fsp3) is 0.500. The topological polar surface area (TPSA) is 21.7 Å². The second-order valence-electron chi connectivity index (χ2n) is 4.26. The average Bonchev–Trinajstić information content (AvgIpc) is 2.40. The lowest BCUT2D eigenvalue weighted by atomic mass is 10.2. The molecule has 1 aromatic carbocycles. The molecule has 1 aromatic rings. The van der Waals surface area contributed by atoms with Gasteiger partial charge in [-0.1, -0.05) is 11.6 Å². The van der Waals surface area contributed by atoms with Crippen LogP contribution in [0.5, 0.6) is 5.75 Å². The number of hydrogen-bond acceptors (Lipinski definition) is 3. The summed E-state index contributed by atoms with van der Waals surface area (Å²) in [4.78, 5) is 2.09. The number of fused-ring (bicyclic) bond motifs is 1. The largest absolute Gasteiger partial charge is 0.490 e. The van der Waals surface area contributed by atoms with Gasteiger partial charge < -0.3 is 14.4 Å². The van der Waals surface area contributed by atoms with Crippen LogP contribution in [0.15, 0.2) is 18.2 Å². The van der Waals surface area contributed by atoms with Gasteiger partial charge in [-0.2, -0.15) is 0 Å². The Morgan fingerprint density at radius 2 is 2.25 bits per heavy atom. The van der Waals surface area contributed by atoms with Crippen molar-refractivity contribution in [2.75, 3.05) is 27.2 Å². The summed E-state index contributed by atoms with van der Waals surface area (Å²) in [6, 6.07) is 5.64. The van der Waals surface area contributed by atoms with Gasteiger partial charge in [0.05, 0.1) is 6.61 Å². The Kier molecular flexibility index (Phi) is 3.69. The third kappa shape index (κ3) is 2.88. The van der Waals surface area contributed by atoms with Crippen LogP contribution in [0, 0.1) is 0 Å². The molecule has 1 aliphatic heterocycles. The minimum absolute atomic E-state index is 0.112. The second kappa shape index (κ2) is 5.04. The summed E-state index contributed by atoms with van der Waals surface area (Å²) in [7, 11) is 4.05. The fourth-order valence-corrected chi connectivity index (χ4v) is 1.95. The number of benzene rings is 1. The quantitative estimate of drug-likeness (QED) is 0.792. The van der Waals surface area contributed by atoms with Crippen molar-refractivity contribution in [3.05, 3.63) is 28.8 Å². The average molecular weight is 242 g/mol. The Balaban J connectivity index is 2.07. The van der Waals surface area contributed by atoms with Crippen molar-refractivity contribution >= 4 is 11.6 Å². The predicted octanol–water partition coefficient (Wildman–Crippen LogP) is 2.18. The molecule has 0 amide bonds. The summed E-state index contributed by atoms with van der Waals surface area (Å²) >= 11 is 5.93. The van der Waals surface area contributed by atoms with Gasteiger partial charge in [-0.05, 0) is 32.3 Å². The molecule has 0 radical (unpaired) electrons. The highest BCUT2D eigenvalue weighted by atomic mass is 35.5. The number of nitrogens with zero attached hydrogens (tertiary/aromatic N) is 1. The molecule has 3 nitrogen and oxygen atoms in total. The Bertz CT molecular complexity index is 368. The van der Waals surface area contributed by atoms with E-state index >= 15 is 0 Å². The van der Waals surface area contributed by atoms with Crippen LogP contribution >= 0.6 is 11.6 Å². The number of hydrogen-bond donors (Lipinski definition) is 0. The molecule has 2 rings (SSSR count). The van der Waals surface area contributed by atoms with Crippen molar-refractivity contribution in [1.29, 1.82) is 0 Å². The summed E-state index contributed by atoms with van der Waals surface area (Å²) in [5, 5.41) is 0.719. The summed E-state index contributed by atoms with van der Waals surface area (Å²) < 4.78 is 11.5. The van der Waals surface area contributed by atoms with E-state index in [0.29, 0.717) is 13.2 Å². The van der Waals surface area contributed by atoms with Crippen LogP contribution in [0.25, 0.3) is 0 Å². The molecule has 0 aromatic heterocycles. The lowest BCUT2D eigenvalue weighted by molar-refractivity contribution is 0.00856. The van der Waals surface area contributed by atoms with Crippen LogP contribution < -0.4 is 4.74 Å². The zero-order valence-corrected chi connectivity index (χ0v) is 10.3. The molecule has 1 unspecified atom stereocenters. The van der Waals surface area contributed by atoms with Crippen molar-refractivity contribution in [2.24, 2.45) is 0 Å². The summed E-state index contributed by atoms with van der Waals surface area (Å²) in [6.07, 6.45) is 0.112. The number of ether oxygens (including phenoxy) is 2. The lowest BCUT2D eigenvalue weighted by Crippen LogP contribution is -2.32. The highest BCUT2D eigenvalue weighted by Crippen LogP contribution is 2.26. The van der Waals surface area contributed by atoms with Crippen molar-refractivity contribution in [3.8, 4) is 5.75 Å². The Morgan fingerprint density at radius 3 is 3.00 bits per heavy atom. The van der Waals surface area contributed by atoms with E-state index in [1.807, 2.05) is 32.3 Å². The highest BCUT2D eigenvalue weighted by molar-refractivity contribution is 6.30. The van der Waals surface area contributed by atoms with Gasteiger partial charge in [0.15, 0.2) is 0 Å². The summed E-state index contributed by atoms with van der Waals surface area (Å²) in [5.41, 5.74) is 1.02. The molecule has 0 saturated carbocycles. The molecule has 1 atom stereocenters. The third-order valence-corrected chi connectivity index (χ3v) is 2.73. The SMILES string of the molecule is CN(C)CC1COc2ccc(Cl)cc2CO1. The van der Waals surface area contributed by atoms with Crippen molar-refractivity contribution in [1.82, 2.24) is 4.90 Å². The normalized spacial score (nSPS) is 20.1. The number of rotatable bonds is 2. The first kappa shape index (κ1) is 11.7. The van der Waals surface area contributed by atoms with Gasteiger partial charge in [-0.25, -0.2) is 0 Å². The van der Waals surface area contributed by atoms with E-state index in [-0.39, 0.29) is 6.10 Å². The van der Waals surface area contributed by atoms with Gasteiger partial charge in [0.25, 0.3) is 0 Å². The summed E-state index contributed by atoms with van der Waals surface area (Å²) in [6.45, 7) is 2.02. The molecule has 0 N–H and O–H groups in total. The Hall–Kier alpha value is -0.770. The molecule has 0 aliphatic carbocycles. The van der Waals surface area contributed by atoms with Crippen molar-refractivity contribution in [2.45, 2.75) is 12.7 Å². The van der Waals surface area contributed by atoms with Crippen LogP contribution in [-0.2, 0) is 11.3 Å². The maximum absolute atomic E-state index is 5.93. The molecule has 4 heteroatoms. The molecule has 0 spiro atoms. The second-order valence-corrected chi connectivity index (χ2v) is 4.69. The zero-order valence-electron chi connectivity index (χ0n) is 9.57. The van der Waals surface area contributed by atoms with E-state index in [0.717, 1.165) is 22.9 Å². The minimum atomic E-state index is 0.112. The summed E-state index contributed by atoms with van der Waals surface area (Å²) in [5.74, 6) is 0.880. The Morgan fingerprint density at radius 1 is 1.44 bits per heavy atom. The van der Waals surface area contributed by atoms with Gasteiger partial charge in [-0.3, -0.25) is 0 Å². The lowest BCUT2D eigenvalue weighted by Gasteiger charge is -2.18. The monoisotopic (exact) mass is 241 g/mol. The predicted molar refractivity (Wildman–Crippen MR) is 64.1 cm³/mol. The molecule has 0 fully saturated rings. The van der Waals surface area contributed by atoms with Gasteiger partial charge in [0, 0.05) is 17.1 Å². The van der Waals surface area contributed by atoms with Crippen LogP contribution in [0.1, 0.15) is 5.56 Å². The van der Waals surface area contributed by atoms with E-state index in [1.165, 1.54) is 0 Å². The van der Waals surface area contributed by atoms with Crippen molar-refractivity contribution < 1.29 is 9.47 Å². The smallest absolute Gasteiger partial charge is 0.125 e. The minimum Gasteiger partial charge on any atom is -0.490 e. The van der Waals surface area contributed by atoms with Gasteiger partial charge in [0.2, 0.25) is 0 Å². The van der Waals surface area contributed by atoms with Gasteiger partial charge in [-0.15, -0.1) is 0 Å². The first-order valence-electron chi connectivity index (χ1n) is 5.32. The number of halogens is 1. The first-order chi connectivity index (χ1) is 7.65. The highest BCUT2D eigenvalue weighted by Gasteiger charge is 2.18. The zero-order chi connectivity index (χ0) is 11.5. The van der Waals surface area contributed by atoms with E-state index in [1.54, 1.807) is 0 Å². The molecule has 16 heavy (non-hydrogen) atoms. The van der Waals surface area contributed by atoms with E-state index in [4.69, 9.17) is 21.1 Å². The maximum Gasteiger partial charge on any atom is 0.125 e. The van der Waals surface area contributed by atoms with Gasteiger partial charge >= 0.3 is 0 Å². The molecule has 0 saturated heterocycles. The fourth-order valence-electron chi connectivity index (χ4n) is 1.75. The maximum atomic E-state index is 5.93. The molecular formula is C12H16ClNO2. The first-order valence-corrected chi connectivity index (χ1v) is 5.70. The van der Waals surface area contributed by atoms with Crippen LogP contribution in [0.3, 0.4) is 0 Å². The van der Waals surface area contributed by atoms with Crippen LogP contribution in [-0.4, -0.2) is 38.3 Å². The van der Waals surface area contributed by atoms with Crippen LogP contribution in [0.2, 0.25) is 5.02 Å². The number of likely N-dealkylation sites (N-methyl/N-ethyl adjacent to an activating group) is 1. The third-order valence-electron chi connectivity index (χ3n) is 2.49. The standard InChI is InChI=1S/C12H16ClNO2/c1-14(2)6-11-8-16-12-4-3-10(13)5-9(12)7-15-11/h3-5,11H,6-8H2,1-2H3. The van der Waals surface area contributed by atoms with E-state index in [9.17, 15) is 0 Å². The van der Waals surface area contributed by atoms with Gasteiger partial charge in [0.1, 0.15) is 18.5 Å². The van der Waals surface area contributed by atoms with E-state index in [2.05, 4.69) is 4.90 Å². The molecule has 1 heterocycles. The molecular weight excluding hydrogens is 226 g/mol. The molecule has 1 aliphatic rings. The van der Waals surface area contributed by atoms with Crippen molar-refractivity contribution in [3.63, 3.8) is 0 Å². The molecule has 0 bridgehead atoms. The van der Waals surface area contributed by atoms with E-state index < -0.39 is 0 Å². The van der Waals surface area contributed by atoms with Crippen LogP contribution in [0.4, 0.5) is 0 Å².